The lowest BCUT2D eigenvalue weighted by Crippen LogP contribution is -2.33. The van der Waals surface area contributed by atoms with Crippen molar-refractivity contribution in [3.63, 3.8) is 0 Å². The zero-order valence-corrected chi connectivity index (χ0v) is 22.4. The van der Waals surface area contributed by atoms with E-state index in [2.05, 4.69) is 36.2 Å². The average Bonchev–Trinajstić information content (AvgIpc) is 2.94. The van der Waals surface area contributed by atoms with Crippen LogP contribution in [0.3, 0.4) is 0 Å². The van der Waals surface area contributed by atoms with E-state index in [-0.39, 0.29) is 6.04 Å². The molecule has 0 radical (unpaired) electrons. The van der Waals surface area contributed by atoms with E-state index in [1.807, 2.05) is 18.2 Å². The van der Waals surface area contributed by atoms with E-state index in [0.717, 1.165) is 51.6 Å². The average molecular weight is 504 g/mol. The number of hydrogen-bond acceptors (Lipinski definition) is 7. The molecule has 7 heteroatoms. The Morgan fingerprint density at radius 3 is 1.62 bits per heavy atom. The first kappa shape index (κ1) is 24.8. The number of benzene rings is 4. The molecule has 4 aromatic carbocycles. The van der Waals surface area contributed by atoms with Gasteiger partial charge in [0.05, 0.1) is 48.7 Å². The summed E-state index contributed by atoms with van der Waals surface area (Å²) in [5, 5.41) is 4.22. The number of methoxy groups -OCH3 is 6. The van der Waals surface area contributed by atoms with Gasteiger partial charge in [-0.05, 0) is 94.2 Å². The van der Waals surface area contributed by atoms with Gasteiger partial charge in [0, 0.05) is 6.54 Å². The van der Waals surface area contributed by atoms with Gasteiger partial charge in [0.25, 0.3) is 0 Å². The Balaban J connectivity index is 1.88. The lowest BCUT2D eigenvalue weighted by Gasteiger charge is -2.36. The third kappa shape index (κ3) is 4.03. The highest BCUT2D eigenvalue weighted by molar-refractivity contribution is 6.11. The number of ether oxygens (including phenoxy) is 6. The fourth-order valence-electron chi connectivity index (χ4n) is 5.54. The molecule has 0 spiro atoms. The summed E-state index contributed by atoms with van der Waals surface area (Å²) >= 11 is 0. The van der Waals surface area contributed by atoms with Crippen molar-refractivity contribution >= 4 is 21.5 Å². The minimum absolute atomic E-state index is 0.0124. The molecule has 1 aliphatic rings. The molecule has 1 heterocycles. The highest BCUT2D eigenvalue weighted by atomic mass is 16.5. The SMILES string of the molecule is COc1cc2c(cc1OC)C(c1cc3cc(OC)c(OC)cc3c3cc(OC)c(OC)cc13)N(C)CC2. The summed E-state index contributed by atoms with van der Waals surface area (Å²) in [6.45, 7) is 0.909. The van der Waals surface area contributed by atoms with Crippen molar-refractivity contribution in [3.05, 3.63) is 59.2 Å². The first-order chi connectivity index (χ1) is 18.0. The predicted octanol–water partition coefficient (Wildman–Crippen LogP) is 5.62. The lowest BCUT2D eigenvalue weighted by molar-refractivity contribution is 0.264. The Hall–Kier alpha value is -3.84. The zero-order chi connectivity index (χ0) is 26.3. The Kier molecular flexibility index (Phi) is 6.65. The molecule has 7 nitrogen and oxygen atoms in total. The Labute approximate surface area is 217 Å². The standard InChI is InChI=1S/C30H33NO6/c1-31-9-8-17-11-24(32-2)27(35-5)14-20(17)30(31)23-10-18-12-25(33-3)26(34-4)13-19(18)21-15-28(36-6)29(37-7)16-22(21)23/h10-16,30H,8-9H2,1-7H3. The van der Waals surface area contributed by atoms with Crippen molar-refractivity contribution in [2.24, 2.45) is 0 Å². The second-order valence-corrected chi connectivity index (χ2v) is 9.19. The number of fused-ring (bicyclic) bond motifs is 4. The number of likely N-dealkylation sites (N-methyl/N-ethyl adjacent to an activating group) is 1. The van der Waals surface area contributed by atoms with Gasteiger partial charge < -0.3 is 28.4 Å². The van der Waals surface area contributed by atoms with Crippen LogP contribution in [-0.4, -0.2) is 61.2 Å². The summed E-state index contributed by atoms with van der Waals surface area (Å²) < 4.78 is 34.0. The Morgan fingerprint density at radius 1 is 0.541 bits per heavy atom. The minimum Gasteiger partial charge on any atom is -0.493 e. The van der Waals surface area contributed by atoms with E-state index in [4.69, 9.17) is 28.4 Å². The van der Waals surface area contributed by atoms with E-state index in [9.17, 15) is 0 Å². The molecule has 0 aromatic heterocycles. The summed E-state index contributed by atoms with van der Waals surface area (Å²) in [5.74, 6) is 4.18. The number of rotatable bonds is 7. The van der Waals surface area contributed by atoms with E-state index >= 15 is 0 Å². The van der Waals surface area contributed by atoms with Crippen LogP contribution < -0.4 is 28.4 Å². The van der Waals surface area contributed by atoms with Crippen LogP contribution >= 0.6 is 0 Å². The van der Waals surface area contributed by atoms with Crippen molar-refractivity contribution in [1.82, 2.24) is 4.90 Å². The van der Waals surface area contributed by atoms with Crippen LogP contribution in [0.5, 0.6) is 34.5 Å². The summed E-state index contributed by atoms with van der Waals surface area (Å²) in [7, 11) is 12.1. The predicted molar refractivity (Wildman–Crippen MR) is 145 cm³/mol. The minimum atomic E-state index is -0.0124. The molecule has 5 rings (SSSR count). The van der Waals surface area contributed by atoms with Crippen molar-refractivity contribution in [2.45, 2.75) is 12.5 Å². The van der Waals surface area contributed by atoms with Crippen LogP contribution in [0.15, 0.2) is 42.5 Å². The van der Waals surface area contributed by atoms with Gasteiger partial charge in [0.2, 0.25) is 0 Å². The van der Waals surface area contributed by atoms with E-state index in [1.165, 1.54) is 11.1 Å². The molecular weight excluding hydrogens is 470 g/mol. The zero-order valence-electron chi connectivity index (χ0n) is 22.4. The molecule has 1 atom stereocenters. The van der Waals surface area contributed by atoms with Gasteiger partial charge in [0.1, 0.15) is 0 Å². The second-order valence-electron chi connectivity index (χ2n) is 9.19. The maximum absolute atomic E-state index is 5.72. The summed E-state index contributed by atoms with van der Waals surface area (Å²) in [5.41, 5.74) is 3.61. The highest BCUT2D eigenvalue weighted by Gasteiger charge is 2.30. The molecule has 4 aromatic rings. The Bertz CT molecular complexity index is 1480. The second kappa shape index (κ2) is 9.90. The van der Waals surface area contributed by atoms with Gasteiger partial charge >= 0.3 is 0 Å². The van der Waals surface area contributed by atoms with Gasteiger partial charge in [-0.15, -0.1) is 0 Å². The van der Waals surface area contributed by atoms with Crippen LogP contribution in [0.4, 0.5) is 0 Å². The van der Waals surface area contributed by atoms with Gasteiger partial charge in [-0.25, -0.2) is 0 Å². The molecule has 0 saturated carbocycles. The van der Waals surface area contributed by atoms with E-state index < -0.39 is 0 Å². The quantitative estimate of drug-likeness (QED) is 0.303. The fraction of sp³-hybridized carbons (Fsp3) is 0.333. The van der Waals surface area contributed by atoms with Crippen LogP contribution in [0.2, 0.25) is 0 Å². The maximum atomic E-state index is 5.72. The van der Waals surface area contributed by atoms with Gasteiger partial charge in [-0.3, -0.25) is 4.90 Å². The number of hydrogen-bond donors (Lipinski definition) is 0. The normalized spacial score (nSPS) is 15.4. The first-order valence-corrected chi connectivity index (χ1v) is 12.2. The molecule has 0 fully saturated rings. The molecule has 0 N–H and O–H groups in total. The molecule has 37 heavy (non-hydrogen) atoms. The molecule has 0 amide bonds. The van der Waals surface area contributed by atoms with Crippen LogP contribution in [-0.2, 0) is 6.42 Å². The third-order valence-corrected chi connectivity index (χ3v) is 7.40. The van der Waals surface area contributed by atoms with E-state index in [0.29, 0.717) is 23.0 Å². The maximum Gasteiger partial charge on any atom is 0.161 e. The Morgan fingerprint density at radius 2 is 1.03 bits per heavy atom. The topological polar surface area (TPSA) is 58.6 Å². The van der Waals surface area contributed by atoms with Gasteiger partial charge in [-0.1, -0.05) is 0 Å². The number of nitrogens with zero attached hydrogens (tertiary/aromatic N) is 1. The molecular formula is C30H33NO6. The molecule has 1 unspecified atom stereocenters. The van der Waals surface area contributed by atoms with Crippen molar-refractivity contribution in [2.75, 3.05) is 56.3 Å². The summed E-state index contributed by atoms with van der Waals surface area (Å²) in [4.78, 5) is 2.38. The van der Waals surface area contributed by atoms with Crippen molar-refractivity contribution in [1.29, 1.82) is 0 Å². The van der Waals surface area contributed by atoms with Crippen molar-refractivity contribution in [3.8, 4) is 34.5 Å². The monoisotopic (exact) mass is 503 g/mol. The lowest BCUT2D eigenvalue weighted by atomic mass is 9.84. The molecule has 0 saturated heterocycles. The highest BCUT2D eigenvalue weighted by Crippen LogP contribution is 2.47. The molecule has 1 aliphatic heterocycles. The van der Waals surface area contributed by atoms with Crippen LogP contribution in [0, 0.1) is 0 Å². The van der Waals surface area contributed by atoms with Gasteiger partial charge in [0.15, 0.2) is 34.5 Å². The van der Waals surface area contributed by atoms with Gasteiger partial charge in [-0.2, -0.15) is 0 Å². The largest absolute Gasteiger partial charge is 0.493 e. The fourth-order valence-corrected chi connectivity index (χ4v) is 5.54. The molecule has 194 valence electrons. The molecule has 0 bridgehead atoms. The van der Waals surface area contributed by atoms with Crippen LogP contribution in [0.25, 0.3) is 21.5 Å². The molecule has 0 aliphatic carbocycles. The third-order valence-electron chi connectivity index (χ3n) is 7.40. The van der Waals surface area contributed by atoms with E-state index in [1.54, 1.807) is 42.7 Å². The van der Waals surface area contributed by atoms with Crippen LogP contribution in [0.1, 0.15) is 22.7 Å². The smallest absolute Gasteiger partial charge is 0.161 e. The van der Waals surface area contributed by atoms with Crippen molar-refractivity contribution < 1.29 is 28.4 Å². The summed E-state index contributed by atoms with van der Waals surface area (Å²) in [6.07, 6.45) is 0.927. The summed E-state index contributed by atoms with van der Waals surface area (Å²) in [6, 6.07) is 14.6. The first-order valence-electron chi connectivity index (χ1n) is 12.2.